The van der Waals surface area contributed by atoms with Gasteiger partial charge in [0.2, 0.25) is 0 Å². The number of amides is 1. The van der Waals surface area contributed by atoms with Gasteiger partial charge in [-0.15, -0.1) is 0 Å². The molecule has 1 aromatic carbocycles. The molecule has 104 valence electrons. The van der Waals surface area contributed by atoms with Crippen LogP contribution in [0.15, 0.2) is 18.2 Å². The van der Waals surface area contributed by atoms with Crippen LogP contribution in [0.5, 0.6) is 0 Å². The van der Waals surface area contributed by atoms with Crippen LogP contribution in [-0.2, 0) is 9.53 Å². The molecule has 0 radical (unpaired) electrons. The van der Waals surface area contributed by atoms with Crippen molar-refractivity contribution in [2.24, 2.45) is 5.92 Å². The number of nitrogens with one attached hydrogen (secondary N) is 1. The zero-order chi connectivity index (χ0) is 13.8. The molecule has 1 atom stereocenters. The summed E-state index contributed by atoms with van der Waals surface area (Å²) in [5.41, 5.74) is 8.13. The summed E-state index contributed by atoms with van der Waals surface area (Å²) in [4.78, 5) is 12.0. The molecule has 1 fully saturated rings. The molecule has 0 aromatic heterocycles. The summed E-state index contributed by atoms with van der Waals surface area (Å²) in [6.45, 7) is 4.34. The Morgan fingerprint density at radius 2 is 2.26 bits per heavy atom. The summed E-state index contributed by atoms with van der Waals surface area (Å²) >= 11 is 0. The number of rotatable bonds is 6. The largest absolute Gasteiger partial charge is 0.398 e. The number of nitrogen functional groups attached to an aromatic ring is 1. The molecular formula is C15H22N2O2. The molecule has 1 aliphatic rings. The minimum Gasteiger partial charge on any atom is -0.398 e. The van der Waals surface area contributed by atoms with Crippen LogP contribution in [-0.4, -0.2) is 18.6 Å². The quantitative estimate of drug-likeness (QED) is 0.775. The van der Waals surface area contributed by atoms with Crippen LogP contribution in [0.4, 0.5) is 11.4 Å². The van der Waals surface area contributed by atoms with Crippen LogP contribution in [0.3, 0.4) is 0 Å². The maximum absolute atomic E-state index is 12.0. The summed E-state index contributed by atoms with van der Waals surface area (Å²) in [7, 11) is 0. The van der Waals surface area contributed by atoms with Crippen LogP contribution in [0.1, 0.15) is 31.7 Å². The van der Waals surface area contributed by atoms with Gasteiger partial charge in [0, 0.05) is 18.0 Å². The van der Waals surface area contributed by atoms with E-state index < -0.39 is 6.10 Å². The van der Waals surface area contributed by atoms with Gasteiger partial charge in [0.05, 0.1) is 0 Å². The van der Waals surface area contributed by atoms with E-state index in [1.807, 2.05) is 25.1 Å². The molecule has 0 heterocycles. The van der Waals surface area contributed by atoms with E-state index in [1.165, 1.54) is 12.8 Å². The lowest BCUT2D eigenvalue weighted by Crippen LogP contribution is -2.28. The Bertz CT molecular complexity index is 455. The van der Waals surface area contributed by atoms with Crippen molar-refractivity contribution in [2.75, 3.05) is 17.7 Å². The molecule has 0 bridgehead atoms. The Balaban J connectivity index is 1.83. The standard InChI is InChI=1S/C15H22N2O2/c1-10-13(16)4-3-5-14(10)17-15(18)11(2)19-9-8-12-6-7-12/h3-5,11-12H,6-9,16H2,1-2H3,(H,17,18). The molecular weight excluding hydrogens is 240 g/mol. The van der Waals surface area contributed by atoms with Crippen LogP contribution in [0, 0.1) is 12.8 Å². The number of carbonyl (C=O) groups excluding carboxylic acids is 1. The second-order valence-corrected chi connectivity index (χ2v) is 5.25. The summed E-state index contributed by atoms with van der Waals surface area (Å²) in [6, 6.07) is 5.50. The van der Waals surface area contributed by atoms with Crippen molar-refractivity contribution in [3.63, 3.8) is 0 Å². The molecule has 19 heavy (non-hydrogen) atoms. The lowest BCUT2D eigenvalue weighted by molar-refractivity contribution is -0.126. The van der Waals surface area contributed by atoms with Crippen molar-refractivity contribution in [2.45, 2.75) is 39.2 Å². The van der Waals surface area contributed by atoms with E-state index in [0.29, 0.717) is 12.3 Å². The first-order valence-corrected chi connectivity index (χ1v) is 6.85. The number of hydrogen-bond acceptors (Lipinski definition) is 3. The molecule has 4 heteroatoms. The number of hydrogen-bond donors (Lipinski definition) is 2. The minimum atomic E-state index is -0.431. The van der Waals surface area contributed by atoms with Gasteiger partial charge in [-0.1, -0.05) is 18.9 Å². The third kappa shape index (κ3) is 3.96. The van der Waals surface area contributed by atoms with Crippen molar-refractivity contribution >= 4 is 17.3 Å². The second-order valence-electron chi connectivity index (χ2n) is 5.25. The Morgan fingerprint density at radius 3 is 2.95 bits per heavy atom. The summed E-state index contributed by atoms with van der Waals surface area (Å²) in [5, 5.41) is 2.86. The predicted molar refractivity (Wildman–Crippen MR) is 77.0 cm³/mol. The van der Waals surface area contributed by atoms with Gasteiger partial charge in [-0.25, -0.2) is 0 Å². The highest BCUT2D eigenvalue weighted by atomic mass is 16.5. The zero-order valence-corrected chi connectivity index (χ0v) is 11.6. The van der Waals surface area contributed by atoms with Gasteiger partial charge in [-0.2, -0.15) is 0 Å². The van der Waals surface area contributed by atoms with Gasteiger partial charge < -0.3 is 15.8 Å². The monoisotopic (exact) mass is 262 g/mol. The summed E-state index contributed by atoms with van der Waals surface area (Å²) in [6.07, 6.45) is 3.26. The fourth-order valence-electron chi connectivity index (χ4n) is 1.92. The van der Waals surface area contributed by atoms with E-state index in [1.54, 1.807) is 6.92 Å². The molecule has 1 saturated carbocycles. The van der Waals surface area contributed by atoms with Gasteiger partial charge in [0.1, 0.15) is 6.10 Å². The van der Waals surface area contributed by atoms with Crippen LogP contribution >= 0.6 is 0 Å². The number of nitrogens with two attached hydrogens (primary N) is 1. The average molecular weight is 262 g/mol. The Hall–Kier alpha value is -1.55. The zero-order valence-electron chi connectivity index (χ0n) is 11.6. The van der Waals surface area contributed by atoms with Crippen molar-refractivity contribution in [3.05, 3.63) is 23.8 Å². The smallest absolute Gasteiger partial charge is 0.253 e. The molecule has 2 rings (SSSR count). The van der Waals surface area contributed by atoms with Gasteiger partial charge >= 0.3 is 0 Å². The average Bonchev–Trinajstić information content (AvgIpc) is 3.19. The van der Waals surface area contributed by atoms with Crippen molar-refractivity contribution in [1.29, 1.82) is 0 Å². The van der Waals surface area contributed by atoms with E-state index in [2.05, 4.69) is 5.32 Å². The SMILES string of the molecule is Cc1c(N)cccc1NC(=O)C(C)OCCC1CC1. The lowest BCUT2D eigenvalue weighted by Gasteiger charge is -2.15. The number of carbonyl (C=O) groups is 1. The summed E-state index contributed by atoms with van der Waals surface area (Å²) < 4.78 is 5.55. The number of ether oxygens (including phenoxy) is 1. The fraction of sp³-hybridized carbons (Fsp3) is 0.533. The second kappa shape index (κ2) is 6.06. The lowest BCUT2D eigenvalue weighted by atomic mass is 10.1. The van der Waals surface area contributed by atoms with Crippen molar-refractivity contribution in [1.82, 2.24) is 0 Å². The van der Waals surface area contributed by atoms with E-state index in [9.17, 15) is 4.79 Å². The van der Waals surface area contributed by atoms with Crippen molar-refractivity contribution in [3.8, 4) is 0 Å². The van der Waals surface area contributed by atoms with Crippen LogP contribution < -0.4 is 11.1 Å². The van der Waals surface area contributed by atoms with Crippen molar-refractivity contribution < 1.29 is 9.53 Å². The number of benzene rings is 1. The van der Waals surface area contributed by atoms with Gasteiger partial charge in [-0.3, -0.25) is 4.79 Å². The molecule has 1 aliphatic carbocycles. The van der Waals surface area contributed by atoms with E-state index in [4.69, 9.17) is 10.5 Å². The third-order valence-electron chi connectivity index (χ3n) is 3.59. The molecule has 0 aliphatic heterocycles. The van der Waals surface area contributed by atoms with Crippen LogP contribution in [0.2, 0.25) is 0 Å². The maximum atomic E-state index is 12.0. The first-order chi connectivity index (χ1) is 9.08. The third-order valence-corrected chi connectivity index (χ3v) is 3.59. The van der Waals surface area contributed by atoms with E-state index >= 15 is 0 Å². The molecule has 0 saturated heterocycles. The Labute approximate surface area is 114 Å². The highest BCUT2D eigenvalue weighted by Gasteiger charge is 2.22. The normalized spacial score (nSPS) is 16.1. The molecule has 3 N–H and O–H groups in total. The predicted octanol–water partition coefficient (Wildman–Crippen LogP) is 2.72. The molecule has 4 nitrogen and oxygen atoms in total. The maximum Gasteiger partial charge on any atom is 0.253 e. The molecule has 1 unspecified atom stereocenters. The molecule has 1 aromatic rings. The Morgan fingerprint density at radius 1 is 1.53 bits per heavy atom. The summed E-state index contributed by atoms with van der Waals surface area (Å²) in [5.74, 6) is 0.705. The first-order valence-electron chi connectivity index (χ1n) is 6.85. The van der Waals surface area contributed by atoms with E-state index in [0.717, 1.165) is 23.6 Å². The highest BCUT2D eigenvalue weighted by molar-refractivity contribution is 5.95. The first kappa shape index (κ1) is 13.9. The highest BCUT2D eigenvalue weighted by Crippen LogP contribution is 2.32. The van der Waals surface area contributed by atoms with Crippen LogP contribution in [0.25, 0.3) is 0 Å². The minimum absolute atomic E-state index is 0.121. The fourth-order valence-corrected chi connectivity index (χ4v) is 1.92. The molecule has 1 amide bonds. The van der Waals surface area contributed by atoms with Gasteiger partial charge in [0.15, 0.2) is 0 Å². The topological polar surface area (TPSA) is 64.3 Å². The van der Waals surface area contributed by atoms with Gasteiger partial charge in [0.25, 0.3) is 5.91 Å². The Kier molecular flexibility index (Phi) is 4.43. The molecule has 0 spiro atoms. The van der Waals surface area contributed by atoms with Gasteiger partial charge in [-0.05, 0) is 43.9 Å². The number of anilines is 2. The van der Waals surface area contributed by atoms with E-state index in [-0.39, 0.29) is 5.91 Å².